The molecule has 1 aromatic carbocycles. The minimum Gasteiger partial charge on any atom is -0.386 e. The van der Waals surface area contributed by atoms with Crippen molar-refractivity contribution in [1.82, 2.24) is 19.3 Å². The van der Waals surface area contributed by atoms with Crippen molar-refractivity contribution in [2.45, 2.75) is 25.1 Å². The molecule has 2 aliphatic heterocycles. The van der Waals surface area contributed by atoms with Crippen LogP contribution in [0.25, 0.3) is 11.3 Å². The summed E-state index contributed by atoms with van der Waals surface area (Å²) in [5.41, 5.74) is 3.66. The van der Waals surface area contributed by atoms with Crippen LogP contribution in [0.1, 0.15) is 29.8 Å². The lowest BCUT2D eigenvalue weighted by atomic mass is 9.83. The highest BCUT2D eigenvalue weighted by Crippen LogP contribution is 2.48. The number of aliphatic hydroxyl groups is 1. The molecular weight excluding hydrogens is 295 g/mol. The Morgan fingerprint density at radius 2 is 2.09 bits per heavy atom. The van der Waals surface area contributed by atoms with Crippen LogP contribution in [0.15, 0.2) is 43.0 Å². The molecule has 6 heteroatoms. The topological polar surface area (TPSA) is 55.9 Å². The van der Waals surface area contributed by atoms with Crippen LogP contribution in [0.3, 0.4) is 0 Å². The van der Waals surface area contributed by atoms with Gasteiger partial charge in [0.25, 0.3) is 0 Å². The molecule has 3 aromatic rings. The van der Waals surface area contributed by atoms with Crippen LogP contribution in [0.2, 0.25) is 0 Å². The highest BCUT2D eigenvalue weighted by Gasteiger charge is 2.42. The number of rotatable bonds is 1. The van der Waals surface area contributed by atoms with Crippen LogP contribution in [0.5, 0.6) is 0 Å². The van der Waals surface area contributed by atoms with E-state index >= 15 is 0 Å². The molecule has 0 saturated heterocycles. The number of aromatic nitrogens is 4. The molecule has 116 valence electrons. The maximum Gasteiger partial charge on any atom is 0.166 e. The first-order valence-corrected chi connectivity index (χ1v) is 7.76. The van der Waals surface area contributed by atoms with Gasteiger partial charge in [0.05, 0.1) is 30.5 Å². The van der Waals surface area contributed by atoms with Gasteiger partial charge in [-0.15, -0.1) is 0 Å². The Hall–Kier alpha value is -2.47. The van der Waals surface area contributed by atoms with E-state index < -0.39 is 11.9 Å². The van der Waals surface area contributed by atoms with Crippen LogP contribution in [-0.4, -0.2) is 24.4 Å². The summed E-state index contributed by atoms with van der Waals surface area (Å²) in [6.45, 7) is 0.615. The largest absolute Gasteiger partial charge is 0.386 e. The second kappa shape index (κ2) is 4.52. The monoisotopic (exact) mass is 310 g/mol. The van der Waals surface area contributed by atoms with Gasteiger partial charge in [0.2, 0.25) is 0 Å². The van der Waals surface area contributed by atoms with Gasteiger partial charge in [-0.25, -0.2) is 9.37 Å². The molecule has 0 bridgehead atoms. The molecule has 5 nitrogen and oxygen atoms in total. The summed E-state index contributed by atoms with van der Waals surface area (Å²) >= 11 is 0. The second-order valence-electron chi connectivity index (χ2n) is 6.22. The zero-order valence-electron chi connectivity index (χ0n) is 12.3. The van der Waals surface area contributed by atoms with Gasteiger partial charge < -0.3 is 9.67 Å². The minimum absolute atomic E-state index is 0.0262. The van der Waals surface area contributed by atoms with E-state index in [1.54, 1.807) is 11.0 Å². The standard InChI is InChI=1S/C17H15FN4O/c18-13-7-20-22-6-5-12(17(23)16(13)22)15-11-4-2-1-3-10(11)14-8-19-9-21(14)15/h1-4,7-9,12,15,17,23H,5-6H2/t12-,15?,17+/m1/s1. The Kier molecular flexibility index (Phi) is 2.56. The number of nitrogens with zero attached hydrogens (tertiary/aromatic N) is 4. The molecule has 1 N–H and O–H groups in total. The summed E-state index contributed by atoms with van der Waals surface area (Å²) in [5.74, 6) is -0.537. The molecule has 2 aromatic heterocycles. The zero-order chi connectivity index (χ0) is 15.6. The van der Waals surface area contributed by atoms with E-state index in [-0.39, 0.29) is 12.0 Å². The van der Waals surface area contributed by atoms with Crippen molar-refractivity contribution >= 4 is 0 Å². The molecule has 4 heterocycles. The van der Waals surface area contributed by atoms with E-state index in [1.165, 1.54) is 11.8 Å². The van der Waals surface area contributed by atoms with Gasteiger partial charge in [-0.3, -0.25) is 4.68 Å². The summed E-state index contributed by atoms with van der Waals surface area (Å²) in [5, 5.41) is 14.8. The molecule has 0 aliphatic carbocycles. The first-order valence-electron chi connectivity index (χ1n) is 7.76. The van der Waals surface area contributed by atoms with Crippen molar-refractivity contribution in [3.63, 3.8) is 0 Å². The lowest BCUT2D eigenvalue weighted by molar-refractivity contribution is 0.0492. The van der Waals surface area contributed by atoms with E-state index in [2.05, 4.69) is 26.8 Å². The lowest BCUT2D eigenvalue weighted by Gasteiger charge is -2.34. The van der Waals surface area contributed by atoms with Gasteiger partial charge >= 0.3 is 0 Å². The molecule has 3 atom stereocenters. The molecule has 0 saturated carbocycles. The van der Waals surface area contributed by atoms with Crippen LogP contribution >= 0.6 is 0 Å². The summed E-state index contributed by atoms with van der Waals surface area (Å²) in [6, 6.07) is 8.14. The average molecular weight is 310 g/mol. The van der Waals surface area contributed by atoms with Crippen LogP contribution < -0.4 is 0 Å². The first-order chi connectivity index (χ1) is 11.3. The number of fused-ring (bicyclic) bond motifs is 4. The predicted octanol–water partition coefficient (Wildman–Crippen LogP) is 2.54. The number of halogens is 1. The number of aryl methyl sites for hydroxylation is 1. The third kappa shape index (κ3) is 1.64. The molecule has 0 spiro atoms. The molecule has 23 heavy (non-hydrogen) atoms. The van der Waals surface area contributed by atoms with Gasteiger partial charge in [-0.1, -0.05) is 24.3 Å². The molecule has 0 radical (unpaired) electrons. The SMILES string of the molecule is O[C@@H]1c2c(F)cnn2CC[C@@H]1C1c2ccccc2-c2cncn21. The highest BCUT2D eigenvalue weighted by molar-refractivity contribution is 5.69. The van der Waals surface area contributed by atoms with E-state index in [1.807, 2.05) is 18.3 Å². The summed E-state index contributed by atoms with van der Waals surface area (Å²) in [4.78, 5) is 4.25. The van der Waals surface area contributed by atoms with Gasteiger partial charge in [0.15, 0.2) is 5.82 Å². The third-order valence-corrected chi connectivity index (χ3v) is 5.12. The van der Waals surface area contributed by atoms with Gasteiger partial charge in [-0.05, 0) is 12.0 Å². The van der Waals surface area contributed by atoms with Crippen molar-refractivity contribution in [2.24, 2.45) is 5.92 Å². The molecule has 0 amide bonds. The fourth-order valence-electron chi connectivity index (χ4n) is 4.12. The fourth-order valence-corrected chi connectivity index (χ4v) is 4.12. The number of benzene rings is 1. The molecular formula is C17H15FN4O. The third-order valence-electron chi connectivity index (χ3n) is 5.12. The average Bonchev–Trinajstić information content (AvgIpc) is 3.23. The quantitative estimate of drug-likeness (QED) is 0.751. The summed E-state index contributed by atoms with van der Waals surface area (Å²) in [7, 11) is 0. The van der Waals surface area contributed by atoms with Crippen LogP contribution in [-0.2, 0) is 6.54 Å². The summed E-state index contributed by atoms with van der Waals surface area (Å²) < 4.78 is 17.7. The Morgan fingerprint density at radius 1 is 1.22 bits per heavy atom. The Labute approximate surface area is 132 Å². The number of aliphatic hydroxyl groups excluding tert-OH is 1. The maximum atomic E-state index is 14.0. The molecule has 5 rings (SSSR count). The van der Waals surface area contributed by atoms with Crippen LogP contribution in [0, 0.1) is 11.7 Å². The van der Waals surface area contributed by atoms with E-state index in [0.717, 1.165) is 17.7 Å². The first kappa shape index (κ1) is 13.0. The lowest BCUT2D eigenvalue weighted by Crippen LogP contribution is -2.31. The van der Waals surface area contributed by atoms with Crippen molar-refractivity contribution in [1.29, 1.82) is 0 Å². The number of imidazole rings is 1. The smallest absolute Gasteiger partial charge is 0.166 e. The second-order valence-corrected chi connectivity index (χ2v) is 6.22. The maximum absolute atomic E-state index is 14.0. The molecule has 0 fully saturated rings. The van der Waals surface area contributed by atoms with Crippen LogP contribution in [0.4, 0.5) is 4.39 Å². The van der Waals surface area contributed by atoms with Crippen molar-refractivity contribution < 1.29 is 9.50 Å². The summed E-state index contributed by atoms with van der Waals surface area (Å²) in [6.07, 6.45) is 4.70. The predicted molar refractivity (Wildman–Crippen MR) is 81.1 cm³/mol. The number of hydrogen-bond acceptors (Lipinski definition) is 3. The normalized spacial score (nSPS) is 25.0. The Balaban J connectivity index is 1.65. The van der Waals surface area contributed by atoms with E-state index in [4.69, 9.17) is 0 Å². The van der Waals surface area contributed by atoms with Gasteiger partial charge in [0, 0.05) is 18.0 Å². The van der Waals surface area contributed by atoms with Crippen molar-refractivity contribution in [2.75, 3.05) is 0 Å². The molecule has 2 aliphatic rings. The van der Waals surface area contributed by atoms with E-state index in [0.29, 0.717) is 12.2 Å². The van der Waals surface area contributed by atoms with Crippen molar-refractivity contribution in [3.05, 3.63) is 60.1 Å². The molecule has 1 unspecified atom stereocenters. The fraction of sp³-hybridized carbons (Fsp3) is 0.294. The highest BCUT2D eigenvalue weighted by atomic mass is 19.1. The van der Waals surface area contributed by atoms with Gasteiger partial charge in [0.1, 0.15) is 11.8 Å². The minimum atomic E-state index is -0.877. The zero-order valence-corrected chi connectivity index (χ0v) is 12.3. The Bertz CT molecular complexity index is 900. The van der Waals surface area contributed by atoms with Gasteiger partial charge in [-0.2, -0.15) is 5.10 Å². The Morgan fingerprint density at radius 3 is 3.00 bits per heavy atom. The number of hydrogen-bond donors (Lipinski definition) is 1. The van der Waals surface area contributed by atoms with E-state index in [9.17, 15) is 9.50 Å². The van der Waals surface area contributed by atoms with Crippen molar-refractivity contribution in [3.8, 4) is 11.3 Å².